The second-order valence-corrected chi connectivity index (χ2v) is 5.22. The molecule has 0 aliphatic carbocycles. The van der Waals surface area contributed by atoms with Crippen molar-refractivity contribution in [2.75, 3.05) is 20.1 Å². The standard InChI is InChI=1S/C15H24F2N2/c1-6-19(7-2)15(3,4)14(18-5)11-8-9-12(16)13(17)10-11/h8-10,14,18H,6-7H2,1-5H3. The van der Waals surface area contributed by atoms with Gasteiger partial charge in [0, 0.05) is 11.6 Å². The van der Waals surface area contributed by atoms with Crippen molar-refractivity contribution in [3.8, 4) is 0 Å². The smallest absolute Gasteiger partial charge is 0.159 e. The number of likely N-dealkylation sites (N-methyl/N-ethyl adjacent to an activating group) is 2. The highest BCUT2D eigenvalue weighted by atomic mass is 19.2. The van der Waals surface area contributed by atoms with Crippen LogP contribution in [0.15, 0.2) is 18.2 Å². The van der Waals surface area contributed by atoms with Gasteiger partial charge in [0.05, 0.1) is 0 Å². The summed E-state index contributed by atoms with van der Waals surface area (Å²) in [6.07, 6.45) is 0. The van der Waals surface area contributed by atoms with E-state index in [1.807, 2.05) is 7.05 Å². The number of halogens is 2. The van der Waals surface area contributed by atoms with Gasteiger partial charge in [-0.25, -0.2) is 8.78 Å². The zero-order valence-corrected chi connectivity index (χ0v) is 12.4. The molecule has 1 unspecified atom stereocenters. The second-order valence-electron chi connectivity index (χ2n) is 5.22. The molecule has 0 bridgehead atoms. The van der Waals surface area contributed by atoms with Crippen LogP contribution in [0.3, 0.4) is 0 Å². The van der Waals surface area contributed by atoms with Crippen molar-refractivity contribution < 1.29 is 8.78 Å². The first-order chi connectivity index (χ1) is 8.88. The van der Waals surface area contributed by atoms with Crippen LogP contribution in [-0.4, -0.2) is 30.6 Å². The Morgan fingerprint density at radius 3 is 2.16 bits per heavy atom. The number of rotatable bonds is 6. The van der Waals surface area contributed by atoms with Gasteiger partial charge in [-0.05, 0) is 51.7 Å². The van der Waals surface area contributed by atoms with Crippen LogP contribution in [0.25, 0.3) is 0 Å². The van der Waals surface area contributed by atoms with Gasteiger partial charge in [0.2, 0.25) is 0 Å². The van der Waals surface area contributed by atoms with Gasteiger partial charge >= 0.3 is 0 Å². The van der Waals surface area contributed by atoms with E-state index >= 15 is 0 Å². The normalized spacial score (nSPS) is 13.9. The predicted octanol–water partition coefficient (Wildman–Crippen LogP) is 3.35. The lowest BCUT2D eigenvalue weighted by Crippen LogP contribution is -2.52. The van der Waals surface area contributed by atoms with E-state index in [2.05, 4.69) is 37.9 Å². The van der Waals surface area contributed by atoms with E-state index in [1.165, 1.54) is 12.1 Å². The monoisotopic (exact) mass is 270 g/mol. The fourth-order valence-electron chi connectivity index (χ4n) is 2.84. The lowest BCUT2D eigenvalue weighted by molar-refractivity contribution is 0.0943. The Kier molecular flexibility index (Phi) is 5.44. The molecule has 0 amide bonds. The van der Waals surface area contributed by atoms with E-state index < -0.39 is 11.6 Å². The maximum Gasteiger partial charge on any atom is 0.159 e. The van der Waals surface area contributed by atoms with E-state index in [9.17, 15) is 8.78 Å². The minimum absolute atomic E-state index is 0.0671. The summed E-state index contributed by atoms with van der Waals surface area (Å²) >= 11 is 0. The third kappa shape index (κ3) is 3.31. The molecular weight excluding hydrogens is 246 g/mol. The van der Waals surface area contributed by atoms with Crippen LogP contribution in [-0.2, 0) is 0 Å². The molecule has 0 heterocycles. The number of nitrogens with one attached hydrogen (secondary N) is 1. The second kappa shape index (κ2) is 6.44. The molecule has 1 aromatic carbocycles. The van der Waals surface area contributed by atoms with E-state index in [0.717, 1.165) is 18.7 Å². The minimum Gasteiger partial charge on any atom is -0.311 e. The van der Waals surface area contributed by atoms with Crippen molar-refractivity contribution in [1.82, 2.24) is 10.2 Å². The van der Waals surface area contributed by atoms with Gasteiger partial charge in [0.25, 0.3) is 0 Å². The third-order valence-corrected chi connectivity index (χ3v) is 3.85. The zero-order valence-electron chi connectivity index (χ0n) is 12.4. The highest BCUT2D eigenvalue weighted by Crippen LogP contribution is 2.31. The summed E-state index contributed by atoms with van der Waals surface area (Å²) in [5.74, 6) is -1.60. The van der Waals surface area contributed by atoms with Gasteiger partial charge in [-0.2, -0.15) is 0 Å². The molecule has 0 aliphatic rings. The topological polar surface area (TPSA) is 15.3 Å². The summed E-state index contributed by atoms with van der Waals surface area (Å²) in [6.45, 7) is 10.2. The molecule has 1 atom stereocenters. The largest absolute Gasteiger partial charge is 0.311 e. The Morgan fingerprint density at radius 1 is 1.16 bits per heavy atom. The van der Waals surface area contributed by atoms with Gasteiger partial charge in [0.1, 0.15) is 0 Å². The van der Waals surface area contributed by atoms with E-state index in [1.54, 1.807) is 6.07 Å². The van der Waals surface area contributed by atoms with E-state index in [0.29, 0.717) is 0 Å². The molecule has 2 nitrogen and oxygen atoms in total. The first-order valence-electron chi connectivity index (χ1n) is 6.75. The van der Waals surface area contributed by atoms with Crippen molar-refractivity contribution in [3.63, 3.8) is 0 Å². The molecule has 1 rings (SSSR count). The highest BCUT2D eigenvalue weighted by Gasteiger charge is 2.34. The van der Waals surface area contributed by atoms with Gasteiger partial charge in [-0.3, -0.25) is 4.90 Å². The van der Waals surface area contributed by atoms with E-state index in [-0.39, 0.29) is 11.6 Å². The lowest BCUT2D eigenvalue weighted by Gasteiger charge is -2.43. The van der Waals surface area contributed by atoms with Crippen LogP contribution in [0.2, 0.25) is 0 Å². The zero-order chi connectivity index (χ0) is 14.6. The molecule has 19 heavy (non-hydrogen) atoms. The molecule has 0 fully saturated rings. The van der Waals surface area contributed by atoms with Crippen molar-refractivity contribution in [3.05, 3.63) is 35.4 Å². The Labute approximate surface area is 114 Å². The molecule has 0 aliphatic heterocycles. The number of hydrogen-bond donors (Lipinski definition) is 1. The Bertz CT molecular complexity index is 415. The predicted molar refractivity (Wildman–Crippen MR) is 75.2 cm³/mol. The molecule has 1 N–H and O–H groups in total. The van der Waals surface area contributed by atoms with Gasteiger partial charge in [0.15, 0.2) is 11.6 Å². The first-order valence-corrected chi connectivity index (χ1v) is 6.75. The van der Waals surface area contributed by atoms with Crippen LogP contribution in [0.1, 0.15) is 39.3 Å². The summed E-state index contributed by atoms with van der Waals surface area (Å²) in [6, 6.07) is 4.04. The van der Waals surface area contributed by atoms with E-state index in [4.69, 9.17) is 0 Å². The molecule has 4 heteroatoms. The minimum atomic E-state index is -0.806. The number of benzene rings is 1. The van der Waals surface area contributed by atoms with Crippen molar-refractivity contribution in [1.29, 1.82) is 0 Å². The van der Waals surface area contributed by atoms with Crippen LogP contribution < -0.4 is 5.32 Å². The van der Waals surface area contributed by atoms with Crippen LogP contribution in [0.5, 0.6) is 0 Å². The van der Waals surface area contributed by atoms with Crippen molar-refractivity contribution in [2.45, 2.75) is 39.3 Å². The Morgan fingerprint density at radius 2 is 1.74 bits per heavy atom. The maximum absolute atomic E-state index is 13.4. The molecule has 0 radical (unpaired) electrons. The first kappa shape index (κ1) is 16.1. The molecule has 108 valence electrons. The summed E-state index contributed by atoms with van der Waals surface area (Å²) < 4.78 is 26.5. The highest BCUT2D eigenvalue weighted by molar-refractivity contribution is 5.24. The van der Waals surface area contributed by atoms with Crippen LogP contribution >= 0.6 is 0 Å². The Hall–Kier alpha value is -1.00. The third-order valence-electron chi connectivity index (χ3n) is 3.85. The summed E-state index contributed by atoms with van der Waals surface area (Å²) in [4.78, 5) is 2.30. The lowest BCUT2D eigenvalue weighted by atomic mass is 9.86. The fraction of sp³-hybridized carbons (Fsp3) is 0.600. The Balaban J connectivity index is 3.14. The average molecular weight is 270 g/mol. The van der Waals surface area contributed by atoms with Crippen LogP contribution in [0, 0.1) is 11.6 Å². The van der Waals surface area contributed by atoms with Crippen molar-refractivity contribution in [2.24, 2.45) is 0 Å². The summed E-state index contributed by atoms with van der Waals surface area (Å²) in [7, 11) is 1.84. The maximum atomic E-state index is 13.4. The SMILES string of the molecule is CCN(CC)C(C)(C)C(NC)c1ccc(F)c(F)c1. The fourth-order valence-corrected chi connectivity index (χ4v) is 2.84. The van der Waals surface area contributed by atoms with Gasteiger partial charge < -0.3 is 5.32 Å². The molecule has 0 saturated carbocycles. The molecular formula is C15H24F2N2. The molecule has 0 aromatic heterocycles. The summed E-state index contributed by atoms with van der Waals surface area (Å²) in [5, 5.41) is 3.22. The summed E-state index contributed by atoms with van der Waals surface area (Å²) in [5.41, 5.74) is 0.570. The number of hydrogen-bond acceptors (Lipinski definition) is 2. The van der Waals surface area contributed by atoms with Gasteiger partial charge in [-0.1, -0.05) is 19.9 Å². The number of nitrogens with zero attached hydrogens (tertiary/aromatic N) is 1. The molecule has 1 aromatic rings. The molecule has 0 saturated heterocycles. The average Bonchev–Trinajstić information content (AvgIpc) is 2.35. The van der Waals surface area contributed by atoms with Gasteiger partial charge in [-0.15, -0.1) is 0 Å². The van der Waals surface area contributed by atoms with Crippen molar-refractivity contribution >= 4 is 0 Å². The van der Waals surface area contributed by atoms with Crippen LogP contribution in [0.4, 0.5) is 8.78 Å². The quantitative estimate of drug-likeness (QED) is 0.853. The molecule has 0 spiro atoms.